The second-order valence-electron chi connectivity index (χ2n) is 6.31. The molecule has 0 aromatic rings. The summed E-state index contributed by atoms with van der Waals surface area (Å²) in [6, 6.07) is -0.934. The van der Waals surface area contributed by atoms with Crippen LogP contribution in [-0.2, 0) is 14.3 Å². The zero-order chi connectivity index (χ0) is 17.1. The number of β-amino-alcohol motifs (C(OH)–C–C–N with tert-alkyl or cyclic N) is 1. The molecule has 0 saturated carbocycles. The second-order valence-corrected chi connectivity index (χ2v) is 6.31. The number of nitrogens with one attached hydrogen (secondary N) is 1. The first-order valence-electron chi connectivity index (χ1n) is 6.89. The van der Waals surface area contributed by atoms with Crippen LogP contribution in [0.3, 0.4) is 0 Å². The largest absolute Gasteiger partial charge is 0.444 e. The maximum absolute atomic E-state index is 12.1. The smallest absolute Gasteiger partial charge is 0.408 e. The molecular formula is C14H23N3O5. The highest BCUT2D eigenvalue weighted by atomic mass is 16.6. The highest BCUT2D eigenvalue weighted by Crippen LogP contribution is 2.27. The number of hydrogen-bond acceptors (Lipinski definition) is 5. The van der Waals surface area contributed by atoms with Crippen LogP contribution >= 0.6 is 0 Å². The van der Waals surface area contributed by atoms with Gasteiger partial charge in [-0.25, -0.2) is 4.79 Å². The van der Waals surface area contributed by atoms with Crippen LogP contribution in [0.15, 0.2) is 12.7 Å². The first kappa shape index (κ1) is 18.0. The predicted octanol–water partition coefficient (Wildman–Crippen LogP) is -0.486. The Morgan fingerprint density at radius 2 is 2.09 bits per heavy atom. The number of primary amides is 1. The van der Waals surface area contributed by atoms with E-state index in [1.807, 2.05) is 0 Å². The van der Waals surface area contributed by atoms with Gasteiger partial charge in [-0.3, -0.25) is 9.59 Å². The summed E-state index contributed by atoms with van der Waals surface area (Å²) in [6.45, 7) is 8.12. The van der Waals surface area contributed by atoms with Crippen molar-refractivity contribution in [2.45, 2.75) is 44.4 Å². The predicted molar refractivity (Wildman–Crippen MR) is 78.7 cm³/mol. The van der Waals surface area contributed by atoms with Gasteiger partial charge in [-0.2, -0.15) is 0 Å². The summed E-state index contributed by atoms with van der Waals surface area (Å²) in [5, 5.41) is 12.4. The molecule has 0 spiro atoms. The molecule has 0 unspecified atom stereocenters. The average Bonchev–Trinajstić information content (AvgIpc) is 2.73. The number of aliphatic hydroxyl groups is 1. The number of carbonyl (C=O) groups excluding carboxylic acids is 3. The standard InChI is InChI=1S/C14H23N3O5/c1-5-14(21)6-9(11(15)19)17(8-14)10(18)7-16-12(20)22-13(2,3)4/h5,9,21H,1,6-8H2,2-4H3,(H2,15,19)(H,16,20)/t9-,14-/m0/s1. The van der Waals surface area contributed by atoms with Crippen LogP contribution in [-0.4, -0.2) is 58.2 Å². The van der Waals surface area contributed by atoms with E-state index in [9.17, 15) is 19.5 Å². The van der Waals surface area contributed by atoms with Crippen molar-refractivity contribution in [2.75, 3.05) is 13.1 Å². The Bertz CT molecular complexity index is 485. The van der Waals surface area contributed by atoms with Crippen molar-refractivity contribution < 1.29 is 24.2 Å². The molecule has 8 heteroatoms. The number of rotatable bonds is 4. The van der Waals surface area contributed by atoms with Crippen LogP contribution in [0.1, 0.15) is 27.2 Å². The Balaban J connectivity index is 2.66. The summed E-state index contributed by atoms with van der Waals surface area (Å²) < 4.78 is 5.01. The van der Waals surface area contributed by atoms with E-state index in [4.69, 9.17) is 10.5 Å². The number of hydrogen-bond donors (Lipinski definition) is 3. The van der Waals surface area contributed by atoms with E-state index < -0.39 is 35.2 Å². The Hall–Kier alpha value is -2.09. The van der Waals surface area contributed by atoms with E-state index in [-0.39, 0.29) is 19.5 Å². The molecule has 124 valence electrons. The number of carbonyl (C=O) groups is 3. The monoisotopic (exact) mass is 313 g/mol. The zero-order valence-electron chi connectivity index (χ0n) is 13.1. The summed E-state index contributed by atoms with van der Waals surface area (Å²) in [4.78, 5) is 36.2. The lowest BCUT2D eigenvalue weighted by Crippen LogP contribution is -2.48. The van der Waals surface area contributed by atoms with Crippen molar-refractivity contribution in [3.63, 3.8) is 0 Å². The van der Waals surface area contributed by atoms with Gasteiger partial charge in [0.1, 0.15) is 23.8 Å². The van der Waals surface area contributed by atoms with Gasteiger partial charge in [-0.15, -0.1) is 6.58 Å². The van der Waals surface area contributed by atoms with Gasteiger partial charge in [0.05, 0.1) is 6.54 Å². The Morgan fingerprint density at radius 3 is 2.55 bits per heavy atom. The summed E-state index contributed by atoms with van der Waals surface area (Å²) in [5.41, 5.74) is 3.21. The van der Waals surface area contributed by atoms with Crippen molar-refractivity contribution in [3.05, 3.63) is 12.7 Å². The van der Waals surface area contributed by atoms with E-state index in [1.54, 1.807) is 20.8 Å². The van der Waals surface area contributed by atoms with Crippen LogP contribution in [0.2, 0.25) is 0 Å². The lowest BCUT2D eigenvalue weighted by Gasteiger charge is -2.23. The number of nitrogens with two attached hydrogens (primary N) is 1. The number of ether oxygens (including phenoxy) is 1. The third-order valence-corrected chi connectivity index (χ3v) is 3.18. The summed E-state index contributed by atoms with van der Waals surface area (Å²) >= 11 is 0. The molecule has 0 aromatic carbocycles. The molecule has 0 aliphatic carbocycles. The van der Waals surface area contributed by atoms with E-state index in [1.165, 1.54) is 6.08 Å². The van der Waals surface area contributed by atoms with E-state index in [2.05, 4.69) is 11.9 Å². The Morgan fingerprint density at radius 1 is 1.50 bits per heavy atom. The summed E-state index contributed by atoms with van der Waals surface area (Å²) in [5.74, 6) is -1.25. The fourth-order valence-corrected chi connectivity index (χ4v) is 2.14. The number of amides is 3. The SMILES string of the molecule is C=C[C@]1(O)C[C@@H](C(N)=O)N(C(=O)CNC(=O)OC(C)(C)C)C1. The van der Waals surface area contributed by atoms with Crippen LogP contribution < -0.4 is 11.1 Å². The van der Waals surface area contributed by atoms with Gasteiger partial charge in [0.25, 0.3) is 0 Å². The van der Waals surface area contributed by atoms with Gasteiger partial charge in [0.2, 0.25) is 11.8 Å². The maximum atomic E-state index is 12.1. The Kier molecular flexibility index (Phi) is 5.18. The van der Waals surface area contributed by atoms with Crippen molar-refractivity contribution in [1.82, 2.24) is 10.2 Å². The lowest BCUT2D eigenvalue weighted by atomic mass is 10.0. The topological polar surface area (TPSA) is 122 Å². The van der Waals surface area contributed by atoms with Crippen molar-refractivity contribution in [2.24, 2.45) is 5.73 Å². The van der Waals surface area contributed by atoms with Gasteiger partial charge in [-0.1, -0.05) is 6.08 Å². The quantitative estimate of drug-likeness (QED) is 0.605. The minimum Gasteiger partial charge on any atom is -0.444 e. The maximum Gasteiger partial charge on any atom is 0.408 e. The molecule has 0 aromatic heterocycles. The van der Waals surface area contributed by atoms with Gasteiger partial charge in [0, 0.05) is 6.42 Å². The minimum absolute atomic E-state index is 0.00991. The molecule has 0 radical (unpaired) electrons. The van der Waals surface area contributed by atoms with Gasteiger partial charge >= 0.3 is 6.09 Å². The molecule has 8 nitrogen and oxygen atoms in total. The molecule has 1 rings (SSSR count). The molecule has 1 aliphatic rings. The fourth-order valence-electron chi connectivity index (χ4n) is 2.14. The van der Waals surface area contributed by atoms with Crippen LogP contribution in [0.25, 0.3) is 0 Å². The minimum atomic E-state index is -1.36. The molecular weight excluding hydrogens is 290 g/mol. The fraction of sp³-hybridized carbons (Fsp3) is 0.643. The average molecular weight is 313 g/mol. The number of alkyl carbamates (subject to hydrolysis) is 1. The number of nitrogens with zero attached hydrogens (tertiary/aromatic N) is 1. The van der Waals surface area contributed by atoms with Gasteiger partial charge in [0.15, 0.2) is 0 Å². The molecule has 1 fully saturated rings. The highest BCUT2D eigenvalue weighted by molar-refractivity contribution is 5.89. The third-order valence-electron chi connectivity index (χ3n) is 3.18. The molecule has 3 amide bonds. The molecule has 22 heavy (non-hydrogen) atoms. The normalized spacial score (nSPS) is 24.7. The first-order valence-corrected chi connectivity index (χ1v) is 6.89. The van der Waals surface area contributed by atoms with Crippen molar-refractivity contribution in [3.8, 4) is 0 Å². The van der Waals surface area contributed by atoms with Crippen LogP contribution in [0.5, 0.6) is 0 Å². The number of likely N-dealkylation sites (tertiary alicyclic amines) is 1. The van der Waals surface area contributed by atoms with Crippen molar-refractivity contribution in [1.29, 1.82) is 0 Å². The van der Waals surface area contributed by atoms with Crippen molar-refractivity contribution >= 4 is 17.9 Å². The molecule has 2 atom stereocenters. The molecule has 1 saturated heterocycles. The third kappa shape index (κ3) is 4.73. The molecule has 4 N–H and O–H groups in total. The second kappa shape index (κ2) is 6.35. The van der Waals surface area contributed by atoms with Gasteiger partial charge < -0.3 is 25.8 Å². The molecule has 1 heterocycles. The zero-order valence-corrected chi connectivity index (χ0v) is 13.1. The molecule has 0 bridgehead atoms. The van der Waals surface area contributed by atoms with E-state index >= 15 is 0 Å². The lowest BCUT2D eigenvalue weighted by molar-refractivity contribution is -0.136. The van der Waals surface area contributed by atoms with Crippen LogP contribution in [0, 0.1) is 0 Å². The van der Waals surface area contributed by atoms with Gasteiger partial charge in [-0.05, 0) is 20.8 Å². The highest BCUT2D eigenvalue weighted by Gasteiger charge is 2.45. The van der Waals surface area contributed by atoms with Crippen LogP contribution in [0.4, 0.5) is 4.79 Å². The first-order chi connectivity index (χ1) is 9.97. The Labute approximate surface area is 129 Å². The summed E-state index contributed by atoms with van der Waals surface area (Å²) in [7, 11) is 0. The van der Waals surface area contributed by atoms with E-state index in [0.29, 0.717) is 0 Å². The summed E-state index contributed by atoms with van der Waals surface area (Å²) in [6.07, 6.45) is 0.524. The molecule has 1 aliphatic heterocycles. The van der Waals surface area contributed by atoms with E-state index in [0.717, 1.165) is 4.90 Å².